The van der Waals surface area contributed by atoms with E-state index in [9.17, 15) is 14.7 Å². The maximum absolute atomic E-state index is 13.5. The normalized spacial score (nSPS) is 29.6. The van der Waals surface area contributed by atoms with Crippen LogP contribution in [0.2, 0.25) is 54.4 Å². The summed E-state index contributed by atoms with van der Waals surface area (Å²) in [7, 11) is -7.06. The maximum atomic E-state index is 13.5. The van der Waals surface area contributed by atoms with Crippen LogP contribution in [0, 0.1) is 0 Å². The molecule has 14 heteroatoms. The fraction of sp³-hybridized carbons (Fsp3) is 0.857. The number of carbonyl (C=O) groups excluding carboxylic acids is 2. The summed E-state index contributed by atoms with van der Waals surface area (Å²) in [5.74, 6) is -1.10. The molecule has 0 bridgehead atoms. The standard InChI is InChI=1S/C28H54N4O7Si3/c1-25(2,3)40(10,11)36-16-18-19(38-41(12,13)26(4,5)6)20(39-42(14,15)27(7,8)9)21(37-18)32-22-28(35,31-24(32)34)23(33)30-17-29-22/h17-21,35H,16H2,1-15H3,(H,31,34)/t18-,19-,20-,21-,28?/m1/s1. The topological polar surface area (TPSA) is 131 Å². The lowest BCUT2D eigenvalue weighted by molar-refractivity contribution is -0.131. The number of aliphatic imine (C=N–C) groups is 2. The number of nitrogens with one attached hydrogen (secondary N) is 1. The first-order chi connectivity index (χ1) is 18.7. The largest absolute Gasteiger partial charge is 0.414 e. The number of rotatable bonds is 8. The van der Waals surface area contributed by atoms with Crippen LogP contribution in [0.5, 0.6) is 0 Å². The fourth-order valence-corrected chi connectivity index (χ4v) is 7.79. The summed E-state index contributed by atoms with van der Waals surface area (Å²) in [6.45, 7) is 32.7. The summed E-state index contributed by atoms with van der Waals surface area (Å²) < 4.78 is 27.5. The Morgan fingerprint density at radius 3 is 1.83 bits per heavy atom. The Morgan fingerprint density at radius 2 is 1.36 bits per heavy atom. The van der Waals surface area contributed by atoms with Crippen molar-refractivity contribution in [2.75, 3.05) is 6.61 Å². The molecule has 0 aliphatic carbocycles. The molecule has 0 saturated carbocycles. The van der Waals surface area contributed by atoms with Gasteiger partial charge in [-0.25, -0.2) is 14.7 Å². The monoisotopic (exact) mass is 642 g/mol. The van der Waals surface area contributed by atoms with Gasteiger partial charge in [-0.05, 0) is 54.4 Å². The third kappa shape index (κ3) is 6.41. The van der Waals surface area contributed by atoms with Gasteiger partial charge < -0.3 is 23.1 Å². The molecule has 5 atom stereocenters. The second-order valence-corrected chi connectivity index (χ2v) is 30.7. The van der Waals surface area contributed by atoms with Crippen LogP contribution in [0.4, 0.5) is 4.79 Å². The Kier molecular flexibility index (Phi) is 9.19. The van der Waals surface area contributed by atoms with Crippen molar-refractivity contribution in [2.24, 2.45) is 9.98 Å². The number of amides is 3. The first-order valence-corrected chi connectivity index (χ1v) is 23.5. The maximum Gasteiger partial charge on any atom is 0.328 e. The first kappa shape index (κ1) is 35.2. The van der Waals surface area contributed by atoms with Crippen molar-refractivity contribution in [1.29, 1.82) is 0 Å². The SMILES string of the molecule is CC(C)(C)[Si](C)(C)OC[C@H]1O[C@@H](N2C(=O)NC3(O)C(=O)N=CN=C23)[C@H](O[Si](C)(C)C(C)(C)C)[C@@H]1O[Si](C)(C)C(C)(C)C. The molecule has 3 rings (SSSR count). The third-order valence-corrected chi connectivity index (χ3v) is 23.6. The van der Waals surface area contributed by atoms with Crippen LogP contribution in [0.15, 0.2) is 9.98 Å². The minimum atomic E-state index is -2.47. The highest BCUT2D eigenvalue weighted by molar-refractivity contribution is 6.75. The van der Waals surface area contributed by atoms with Gasteiger partial charge in [0.2, 0.25) is 0 Å². The Bertz CT molecular complexity index is 1140. The Balaban J connectivity index is 2.15. The molecule has 3 amide bonds. The van der Waals surface area contributed by atoms with Gasteiger partial charge in [-0.1, -0.05) is 62.3 Å². The van der Waals surface area contributed by atoms with Gasteiger partial charge >= 0.3 is 11.9 Å². The summed E-state index contributed by atoms with van der Waals surface area (Å²) >= 11 is 0. The van der Waals surface area contributed by atoms with Crippen molar-refractivity contribution < 1.29 is 32.7 Å². The lowest BCUT2D eigenvalue weighted by Crippen LogP contribution is -2.58. The summed E-state index contributed by atoms with van der Waals surface area (Å²) in [6.07, 6.45) is -1.89. The molecule has 0 aromatic carbocycles. The smallest absolute Gasteiger partial charge is 0.328 e. The van der Waals surface area contributed by atoms with Crippen molar-refractivity contribution in [3.05, 3.63) is 0 Å². The number of amidine groups is 1. The average Bonchev–Trinajstić information content (AvgIpc) is 3.23. The van der Waals surface area contributed by atoms with E-state index in [1.54, 1.807) is 0 Å². The molecule has 2 saturated heterocycles. The van der Waals surface area contributed by atoms with Crippen molar-refractivity contribution in [3.8, 4) is 0 Å². The quantitative estimate of drug-likeness (QED) is 0.348. The zero-order valence-corrected chi connectivity index (χ0v) is 31.3. The summed E-state index contributed by atoms with van der Waals surface area (Å²) in [4.78, 5) is 35.1. The van der Waals surface area contributed by atoms with Crippen LogP contribution in [-0.2, 0) is 22.8 Å². The second-order valence-electron chi connectivity index (χ2n) is 16.3. The van der Waals surface area contributed by atoms with Crippen LogP contribution in [0.3, 0.4) is 0 Å². The van der Waals surface area contributed by atoms with Gasteiger partial charge in [-0.15, -0.1) is 0 Å². The molecule has 2 fully saturated rings. The van der Waals surface area contributed by atoms with Gasteiger partial charge in [0.25, 0.3) is 5.72 Å². The van der Waals surface area contributed by atoms with E-state index in [4.69, 9.17) is 18.0 Å². The predicted octanol–water partition coefficient (Wildman–Crippen LogP) is 5.19. The molecular weight excluding hydrogens is 589 g/mol. The zero-order chi connectivity index (χ0) is 32.5. The van der Waals surface area contributed by atoms with Crippen molar-refractivity contribution in [1.82, 2.24) is 10.2 Å². The minimum absolute atomic E-state index is 0.0281. The number of hydrogen-bond donors (Lipinski definition) is 2. The van der Waals surface area contributed by atoms with Gasteiger partial charge in [0, 0.05) is 0 Å². The van der Waals surface area contributed by atoms with E-state index >= 15 is 0 Å². The van der Waals surface area contributed by atoms with Gasteiger partial charge in [0.05, 0.1) is 6.61 Å². The van der Waals surface area contributed by atoms with E-state index in [0.717, 1.165) is 6.34 Å². The molecule has 0 spiro atoms. The highest BCUT2D eigenvalue weighted by Crippen LogP contribution is 2.45. The first-order valence-electron chi connectivity index (χ1n) is 14.8. The van der Waals surface area contributed by atoms with Gasteiger partial charge in [0.15, 0.2) is 37.0 Å². The van der Waals surface area contributed by atoms with E-state index in [2.05, 4.69) is 117 Å². The van der Waals surface area contributed by atoms with Gasteiger partial charge in [0.1, 0.15) is 24.7 Å². The highest BCUT2D eigenvalue weighted by atomic mass is 28.4. The van der Waals surface area contributed by atoms with Crippen LogP contribution < -0.4 is 5.32 Å². The summed E-state index contributed by atoms with van der Waals surface area (Å²) in [5, 5.41) is 13.2. The molecule has 0 aromatic rings. The number of nitrogens with zero attached hydrogens (tertiary/aromatic N) is 3. The molecule has 3 aliphatic heterocycles. The van der Waals surface area contributed by atoms with Crippen molar-refractivity contribution >= 4 is 49.1 Å². The highest BCUT2D eigenvalue weighted by Gasteiger charge is 2.63. The third-order valence-electron chi connectivity index (χ3n) is 10.2. The van der Waals surface area contributed by atoms with Crippen LogP contribution in [0.25, 0.3) is 0 Å². The zero-order valence-electron chi connectivity index (χ0n) is 28.3. The number of urea groups is 1. The summed E-state index contributed by atoms with van der Waals surface area (Å²) in [5.41, 5.74) is -2.37. The molecular formula is C28H54N4O7Si3. The number of ether oxygens (including phenoxy) is 1. The molecule has 11 nitrogen and oxygen atoms in total. The van der Waals surface area contributed by atoms with Crippen LogP contribution >= 0.6 is 0 Å². The van der Waals surface area contributed by atoms with Crippen molar-refractivity contribution in [3.63, 3.8) is 0 Å². The molecule has 42 heavy (non-hydrogen) atoms. The van der Waals surface area contributed by atoms with E-state index in [1.165, 1.54) is 4.90 Å². The fourth-order valence-electron chi connectivity index (χ4n) is 4.17. The summed E-state index contributed by atoms with van der Waals surface area (Å²) in [6, 6.07) is -0.721. The van der Waals surface area contributed by atoms with Gasteiger partial charge in [-0.3, -0.25) is 10.1 Å². The Hall–Kier alpha value is -1.27. The second kappa shape index (κ2) is 11.0. The molecule has 3 heterocycles. The van der Waals surface area contributed by atoms with Gasteiger partial charge in [-0.2, -0.15) is 4.99 Å². The lowest BCUT2D eigenvalue weighted by Gasteiger charge is -2.44. The Morgan fingerprint density at radius 1 is 0.881 bits per heavy atom. The average molecular weight is 643 g/mol. The number of aliphatic hydroxyl groups is 1. The number of carbonyl (C=O) groups is 2. The Labute approximate surface area is 255 Å². The van der Waals surface area contributed by atoms with E-state index in [0.29, 0.717) is 0 Å². The molecule has 3 aliphatic rings. The molecule has 0 aromatic heterocycles. The minimum Gasteiger partial charge on any atom is -0.414 e. The van der Waals surface area contributed by atoms with Crippen LogP contribution in [0.1, 0.15) is 62.3 Å². The molecule has 0 radical (unpaired) electrons. The number of hydrogen-bond acceptors (Lipinski definition) is 8. The molecule has 2 N–H and O–H groups in total. The van der Waals surface area contributed by atoms with E-state index < -0.39 is 67.2 Å². The lowest BCUT2D eigenvalue weighted by atomic mass is 10.1. The predicted molar refractivity (Wildman–Crippen MR) is 172 cm³/mol. The van der Waals surface area contributed by atoms with E-state index in [1.807, 2.05) is 0 Å². The molecule has 1 unspecified atom stereocenters. The van der Waals surface area contributed by atoms with E-state index in [-0.39, 0.29) is 27.6 Å². The van der Waals surface area contributed by atoms with Crippen molar-refractivity contribution in [2.45, 2.75) is 147 Å². The van der Waals surface area contributed by atoms with Crippen LogP contribution in [-0.4, -0.2) is 95.9 Å². The number of fused-ring (bicyclic) bond motifs is 1. The molecule has 240 valence electrons.